The number of nitrogens with two attached hydrogens (primary N) is 1. The largest absolute Gasteiger partial charge is 0.329 e. The summed E-state index contributed by atoms with van der Waals surface area (Å²) in [4.78, 5) is 0. The number of hydrogen-bond donors (Lipinski definition) is 2. The zero-order chi connectivity index (χ0) is 14.1. The van der Waals surface area contributed by atoms with E-state index in [0.717, 1.165) is 24.3 Å². The fourth-order valence-corrected chi connectivity index (χ4v) is 3.20. The summed E-state index contributed by atoms with van der Waals surface area (Å²) in [6.45, 7) is 6.08. The molecule has 0 aliphatic heterocycles. The lowest BCUT2D eigenvalue weighted by atomic mass is 9.97. The summed E-state index contributed by atoms with van der Waals surface area (Å²) in [5, 5.41) is 8.13. The van der Waals surface area contributed by atoms with E-state index in [1.54, 1.807) is 0 Å². The van der Waals surface area contributed by atoms with Crippen molar-refractivity contribution < 1.29 is 0 Å². The third-order valence-corrected chi connectivity index (χ3v) is 4.84. The molecule has 1 atom stereocenters. The molecule has 2 fully saturated rings. The average Bonchev–Trinajstić information content (AvgIpc) is 3.35. The minimum Gasteiger partial charge on any atom is -0.329 e. The Kier molecular flexibility index (Phi) is 4.13. The van der Waals surface area contributed by atoms with Crippen LogP contribution < -0.4 is 11.1 Å². The lowest BCUT2D eigenvalue weighted by Gasteiger charge is -2.21. The maximum atomic E-state index is 5.96. The van der Waals surface area contributed by atoms with Crippen LogP contribution in [0.3, 0.4) is 0 Å². The Morgan fingerprint density at radius 1 is 1.30 bits per heavy atom. The van der Waals surface area contributed by atoms with Gasteiger partial charge in [0, 0.05) is 30.4 Å². The van der Waals surface area contributed by atoms with Crippen LogP contribution in [0, 0.1) is 17.8 Å². The molecule has 2 aliphatic carbocycles. The standard InChI is InChI=1S/C16H28N4/c1-11(2)20-10-14(8-19-20)16(7-17)18-9-15(12-3-4-12)13-5-6-13/h8,10-13,15-16,18H,3-7,9,17H2,1-2H3. The first-order valence-electron chi connectivity index (χ1n) is 8.16. The van der Waals surface area contributed by atoms with E-state index in [0.29, 0.717) is 12.6 Å². The van der Waals surface area contributed by atoms with Gasteiger partial charge in [-0.3, -0.25) is 4.68 Å². The molecule has 4 nitrogen and oxygen atoms in total. The van der Waals surface area contributed by atoms with Crippen molar-refractivity contribution in [3.63, 3.8) is 0 Å². The molecular weight excluding hydrogens is 248 g/mol. The van der Waals surface area contributed by atoms with Gasteiger partial charge in [-0.25, -0.2) is 0 Å². The van der Waals surface area contributed by atoms with Crippen molar-refractivity contribution in [3.05, 3.63) is 18.0 Å². The van der Waals surface area contributed by atoms with Crippen molar-refractivity contribution in [3.8, 4) is 0 Å². The topological polar surface area (TPSA) is 55.9 Å². The lowest BCUT2D eigenvalue weighted by molar-refractivity contribution is 0.357. The molecule has 0 saturated heterocycles. The monoisotopic (exact) mass is 276 g/mol. The molecule has 0 aromatic carbocycles. The van der Waals surface area contributed by atoms with Crippen molar-refractivity contribution in [2.24, 2.45) is 23.5 Å². The molecule has 0 bridgehead atoms. The van der Waals surface area contributed by atoms with Gasteiger partial charge in [0.1, 0.15) is 0 Å². The SMILES string of the molecule is CC(C)n1cc(C(CN)NCC(C2CC2)C2CC2)cn1. The Hall–Kier alpha value is -0.870. The number of rotatable bonds is 8. The van der Waals surface area contributed by atoms with E-state index in [2.05, 4.69) is 30.5 Å². The predicted molar refractivity (Wildman–Crippen MR) is 81.3 cm³/mol. The Balaban J connectivity index is 1.57. The second-order valence-electron chi connectivity index (χ2n) is 6.88. The molecule has 20 heavy (non-hydrogen) atoms. The summed E-state index contributed by atoms with van der Waals surface area (Å²) in [5.41, 5.74) is 7.19. The molecule has 3 rings (SSSR count). The molecule has 0 amide bonds. The Labute approximate surface area is 122 Å². The van der Waals surface area contributed by atoms with Crippen LogP contribution in [-0.2, 0) is 0 Å². The molecule has 112 valence electrons. The van der Waals surface area contributed by atoms with Crippen molar-refractivity contribution >= 4 is 0 Å². The normalized spacial score (nSPS) is 20.9. The third-order valence-electron chi connectivity index (χ3n) is 4.84. The van der Waals surface area contributed by atoms with Crippen LogP contribution in [0.2, 0.25) is 0 Å². The zero-order valence-electron chi connectivity index (χ0n) is 12.8. The first-order chi connectivity index (χ1) is 9.69. The molecule has 1 aromatic heterocycles. The van der Waals surface area contributed by atoms with Crippen molar-refractivity contribution in [2.45, 2.75) is 51.6 Å². The molecular formula is C16H28N4. The highest BCUT2D eigenvalue weighted by Crippen LogP contribution is 2.48. The third kappa shape index (κ3) is 3.23. The molecule has 1 aromatic rings. The predicted octanol–water partition coefficient (Wildman–Crippen LogP) is 2.49. The number of nitrogens with one attached hydrogen (secondary N) is 1. The van der Waals surface area contributed by atoms with Gasteiger partial charge in [-0.2, -0.15) is 5.10 Å². The first kappa shape index (κ1) is 14.1. The van der Waals surface area contributed by atoms with E-state index in [4.69, 9.17) is 5.73 Å². The highest BCUT2D eigenvalue weighted by atomic mass is 15.3. The maximum absolute atomic E-state index is 5.96. The van der Waals surface area contributed by atoms with E-state index >= 15 is 0 Å². The van der Waals surface area contributed by atoms with E-state index in [9.17, 15) is 0 Å². The van der Waals surface area contributed by atoms with Crippen LogP contribution in [-0.4, -0.2) is 22.9 Å². The van der Waals surface area contributed by atoms with Gasteiger partial charge in [0.2, 0.25) is 0 Å². The minimum atomic E-state index is 0.252. The second-order valence-corrected chi connectivity index (χ2v) is 6.88. The second kappa shape index (κ2) is 5.86. The summed E-state index contributed by atoms with van der Waals surface area (Å²) in [5.74, 6) is 2.88. The quantitative estimate of drug-likeness (QED) is 0.767. The Bertz CT molecular complexity index is 419. The number of hydrogen-bond acceptors (Lipinski definition) is 3. The van der Waals surface area contributed by atoms with Gasteiger partial charge in [0.15, 0.2) is 0 Å². The van der Waals surface area contributed by atoms with Gasteiger partial charge in [0.25, 0.3) is 0 Å². The summed E-state index contributed by atoms with van der Waals surface area (Å²) in [6, 6.07) is 0.662. The molecule has 4 heteroatoms. The maximum Gasteiger partial charge on any atom is 0.0538 e. The summed E-state index contributed by atoms with van der Waals surface area (Å²) in [7, 11) is 0. The van der Waals surface area contributed by atoms with Gasteiger partial charge < -0.3 is 11.1 Å². The molecule has 2 aliphatic rings. The molecule has 0 spiro atoms. The van der Waals surface area contributed by atoms with Crippen molar-refractivity contribution in [2.75, 3.05) is 13.1 Å². The number of nitrogens with zero attached hydrogens (tertiary/aromatic N) is 2. The van der Waals surface area contributed by atoms with Crippen LogP contribution in [0.5, 0.6) is 0 Å². The van der Waals surface area contributed by atoms with Crippen LogP contribution in [0.4, 0.5) is 0 Å². The molecule has 0 radical (unpaired) electrons. The van der Waals surface area contributed by atoms with Crippen LogP contribution >= 0.6 is 0 Å². The summed E-state index contributed by atoms with van der Waals surface area (Å²) < 4.78 is 2.01. The van der Waals surface area contributed by atoms with Gasteiger partial charge >= 0.3 is 0 Å². The Morgan fingerprint density at radius 2 is 1.95 bits per heavy atom. The summed E-state index contributed by atoms with van der Waals surface area (Å²) >= 11 is 0. The van der Waals surface area contributed by atoms with Gasteiger partial charge in [-0.15, -0.1) is 0 Å². The lowest BCUT2D eigenvalue weighted by Crippen LogP contribution is -2.33. The molecule has 1 heterocycles. The Morgan fingerprint density at radius 3 is 2.40 bits per heavy atom. The van der Waals surface area contributed by atoms with Gasteiger partial charge in [-0.05, 0) is 63.8 Å². The van der Waals surface area contributed by atoms with Crippen molar-refractivity contribution in [1.82, 2.24) is 15.1 Å². The first-order valence-corrected chi connectivity index (χ1v) is 8.16. The van der Waals surface area contributed by atoms with Crippen LogP contribution in [0.25, 0.3) is 0 Å². The van der Waals surface area contributed by atoms with Crippen LogP contribution in [0.1, 0.15) is 57.2 Å². The highest BCUT2D eigenvalue weighted by molar-refractivity contribution is 5.11. The molecule has 1 unspecified atom stereocenters. The highest BCUT2D eigenvalue weighted by Gasteiger charge is 2.41. The van der Waals surface area contributed by atoms with Gasteiger partial charge in [0.05, 0.1) is 6.20 Å². The minimum absolute atomic E-state index is 0.252. The van der Waals surface area contributed by atoms with Crippen LogP contribution in [0.15, 0.2) is 12.4 Å². The fraction of sp³-hybridized carbons (Fsp3) is 0.812. The fourth-order valence-electron chi connectivity index (χ4n) is 3.20. The van der Waals surface area contributed by atoms with Gasteiger partial charge in [-0.1, -0.05) is 0 Å². The number of aromatic nitrogens is 2. The smallest absolute Gasteiger partial charge is 0.0538 e. The van der Waals surface area contributed by atoms with E-state index in [1.807, 2.05) is 10.9 Å². The van der Waals surface area contributed by atoms with E-state index in [-0.39, 0.29) is 6.04 Å². The van der Waals surface area contributed by atoms with E-state index < -0.39 is 0 Å². The van der Waals surface area contributed by atoms with E-state index in [1.165, 1.54) is 31.2 Å². The summed E-state index contributed by atoms with van der Waals surface area (Å²) in [6.07, 6.45) is 9.89. The molecule has 3 N–H and O–H groups in total. The average molecular weight is 276 g/mol. The zero-order valence-corrected chi connectivity index (χ0v) is 12.8. The molecule has 2 saturated carbocycles. The van der Waals surface area contributed by atoms with Crippen molar-refractivity contribution in [1.29, 1.82) is 0 Å².